The average molecular weight is 470 g/mol. The number of aromatic nitrogens is 1. The lowest BCUT2D eigenvalue weighted by Crippen LogP contribution is -2.26. The fraction of sp³-hybridized carbons (Fsp3) is 0.320. The van der Waals surface area contributed by atoms with E-state index in [1.807, 2.05) is 24.3 Å². The van der Waals surface area contributed by atoms with E-state index in [9.17, 15) is 9.90 Å². The van der Waals surface area contributed by atoms with E-state index in [1.54, 1.807) is 18.7 Å². The minimum atomic E-state index is -0.942. The maximum Gasteiger partial charge on any atom is 0.333 e. The third-order valence-corrected chi connectivity index (χ3v) is 5.90. The van der Waals surface area contributed by atoms with E-state index in [0.717, 1.165) is 17.9 Å². The van der Waals surface area contributed by atoms with E-state index in [-0.39, 0.29) is 17.4 Å². The lowest BCUT2D eigenvalue weighted by atomic mass is 10.1. The quantitative estimate of drug-likeness (QED) is 0.338. The van der Waals surface area contributed by atoms with Gasteiger partial charge in [-0.1, -0.05) is 24.3 Å². The number of aryl methyl sites for hydroxylation is 1. The van der Waals surface area contributed by atoms with Gasteiger partial charge < -0.3 is 19.1 Å². The predicted octanol–water partition coefficient (Wildman–Crippen LogP) is 4.11. The van der Waals surface area contributed by atoms with Gasteiger partial charge in [0.2, 0.25) is 0 Å². The molecule has 1 N–H and O–H groups in total. The number of ether oxygens (including phenoxy) is 2. The number of benzene rings is 2. The molecule has 0 fully saturated rings. The zero-order valence-electron chi connectivity index (χ0n) is 18.2. The van der Waals surface area contributed by atoms with Crippen LogP contribution in [0.15, 0.2) is 65.6 Å². The first-order valence-electron chi connectivity index (χ1n) is 10.4. The summed E-state index contributed by atoms with van der Waals surface area (Å²) in [7, 11) is 0. The van der Waals surface area contributed by atoms with Crippen molar-refractivity contribution in [3.05, 3.63) is 71.9 Å². The molecule has 0 aliphatic heterocycles. The lowest BCUT2D eigenvalue weighted by Gasteiger charge is -2.14. The van der Waals surface area contributed by atoms with Crippen molar-refractivity contribution in [2.45, 2.75) is 37.8 Å². The average Bonchev–Trinajstić information content (AvgIpc) is 3.15. The SMILES string of the molecule is CCO[C@@H](Cc1ccc(OCCn2c(C)ccc2-c2ccc(SC)cc2)cc1)C(=O)O.[AlH3]. The van der Waals surface area contributed by atoms with Crippen molar-refractivity contribution in [2.75, 3.05) is 19.5 Å². The van der Waals surface area contributed by atoms with E-state index in [0.29, 0.717) is 19.6 Å². The molecule has 5 nitrogen and oxygen atoms in total. The molecule has 1 atom stereocenters. The number of aliphatic carboxylic acids is 1. The Hall–Kier alpha value is -2.17. The Morgan fingerprint density at radius 1 is 1.06 bits per heavy atom. The van der Waals surface area contributed by atoms with Crippen LogP contribution in [0.5, 0.6) is 5.75 Å². The van der Waals surface area contributed by atoms with Gasteiger partial charge in [0.1, 0.15) is 12.4 Å². The van der Waals surface area contributed by atoms with Crippen LogP contribution in [0.3, 0.4) is 0 Å². The first-order chi connectivity index (χ1) is 15.0. The molecule has 7 heteroatoms. The van der Waals surface area contributed by atoms with Crippen molar-refractivity contribution in [2.24, 2.45) is 0 Å². The Labute approximate surface area is 204 Å². The summed E-state index contributed by atoms with van der Waals surface area (Å²) < 4.78 is 13.5. The van der Waals surface area contributed by atoms with Crippen LogP contribution in [0.4, 0.5) is 0 Å². The molecule has 3 aromatic rings. The molecule has 32 heavy (non-hydrogen) atoms. The summed E-state index contributed by atoms with van der Waals surface area (Å²) in [6, 6.07) is 20.4. The maximum atomic E-state index is 11.3. The van der Waals surface area contributed by atoms with E-state index < -0.39 is 12.1 Å². The molecule has 0 bridgehead atoms. The van der Waals surface area contributed by atoms with E-state index in [2.05, 4.69) is 54.1 Å². The van der Waals surface area contributed by atoms with Crippen LogP contribution in [-0.2, 0) is 22.5 Å². The predicted molar refractivity (Wildman–Crippen MR) is 135 cm³/mol. The van der Waals surface area contributed by atoms with Gasteiger partial charge in [-0.05, 0) is 67.6 Å². The summed E-state index contributed by atoms with van der Waals surface area (Å²) in [5.74, 6) is -0.175. The summed E-state index contributed by atoms with van der Waals surface area (Å²) in [4.78, 5) is 12.5. The Balaban J connectivity index is 0.00000363. The van der Waals surface area contributed by atoms with Crippen LogP contribution in [0.1, 0.15) is 18.2 Å². The van der Waals surface area contributed by atoms with Crippen LogP contribution in [0.2, 0.25) is 0 Å². The van der Waals surface area contributed by atoms with E-state index in [1.165, 1.54) is 21.8 Å². The number of carbonyl (C=O) groups is 1. The van der Waals surface area contributed by atoms with Gasteiger partial charge in [-0.25, -0.2) is 4.79 Å². The fourth-order valence-corrected chi connectivity index (χ4v) is 3.90. The fourth-order valence-electron chi connectivity index (χ4n) is 3.49. The van der Waals surface area contributed by atoms with Crippen molar-refractivity contribution in [3.63, 3.8) is 0 Å². The van der Waals surface area contributed by atoms with Crippen molar-refractivity contribution in [1.29, 1.82) is 0 Å². The summed E-state index contributed by atoms with van der Waals surface area (Å²) in [6.45, 7) is 5.56. The van der Waals surface area contributed by atoms with Crippen LogP contribution >= 0.6 is 11.8 Å². The second-order valence-electron chi connectivity index (χ2n) is 7.22. The molecule has 3 rings (SSSR count). The highest BCUT2D eigenvalue weighted by atomic mass is 32.2. The largest absolute Gasteiger partial charge is 0.492 e. The zero-order valence-corrected chi connectivity index (χ0v) is 19.0. The third kappa shape index (κ3) is 6.91. The minimum Gasteiger partial charge on any atom is -0.492 e. The molecule has 2 aromatic carbocycles. The summed E-state index contributed by atoms with van der Waals surface area (Å²) in [5.41, 5.74) is 4.47. The molecule has 0 aliphatic carbocycles. The second kappa shape index (κ2) is 12.8. The van der Waals surface area contributed by atoms with Gasteiger partial charge in [0.15, 0.2) is 23.5 Å². The molecule has 0 amide bonds. The van der Waals surface area contributed by atoms with Gasteiger partial charge >= 0.3 is 5.97 Å². The summed E-state index contributed by atoms with van der Waals surface area (Å²) in [6.07, 6.45) is 1.59. The topological polar surface area (TPSA) is 60.7 Å². The second-order valence-corrected chi connectivity index (χ2v) is 8.10. The smallest absolute Gasteiger partial charge is 0.333 e. The van der Waals surface area contributed by atoms with Crippen LogP contribution in [0.25, 0.3) is 11.3 Å². The molecule has 0 spiro atoms. The molecule has 0 saturated carbocycles. The number of hydrogen-bond acceptors (Lipinski definition) is 4. The van der Waals surface area contributed by atoms with E-state index in [4.69, 9.17) is 9.47 Å². The van der Waals surface area contributed by atoms with Crippen molar-refractivity contribution in [1.82, 2.24) is 4.57 Å². The van der Waals surface area contributed by atoms with Crippen LogP contribution in [0, 0.1) is 6.92 Å². The summed E-state index contributed by atoms with van der Waals surface area (Å²) in [5, 5.41) is 9.23. The Kier molecular flexibility index (Phi) is 10.4. The van der Waals surface area contributed by atoms with Gasteiger partial charge in [0.25, 0.3) is 0 Å². The number of carboxylic acid groups (broad SMARTS) is 1. The van der Waals surface area contributed by atoms with Gasteiger partial charge in [0, 0.05) is 29.3 Å². The minimum absolute atomic E-state index is 0. The lowest BCUT2D eigenvalue weighted by molar-refractivity contribution is -0.149. The molecule has 0 aliphatic rings. The molecule has 0 radical (unpaired) electrons. The van der Waals surface area contributed by atoms with Crippen LogP contribution in [-0.4, -0.2) is 58.6 Å². The normalized spacial score (nSPS) is 11.6. The van der Waals surface area contributed by atoms with Crippen molar-refractivity contribution >= 4 is 35.1 Å². The third-order valence-electron chi connectivity index (χ3n) is 5.16. The molecule has 0 saturated heterocycles. The van der Waals surface area contributed by atoms with Gasteiger partial charge in [-0.3, -0.25) is 0 Å². The standard InChI is InChI=1S/C25H29NO4S.Al.3H/c1-4-29-24(25(27)28)17-19-6-10-21(11-7-19)30-16-15-26-18(2)5-14-23(26)20-8-12-22(31-3)13-9-20;;;;/h5-14,24H,4,15-17H2,1-3H3,(H,27,28);;;;/t24-;;;;/m0..../s1. The number of thioether (sulfide) groups is 1. The van der Waals surface area contributed by atoms with Crippen LogP contribution < -0.4 is 4.74 Å². The molecule has 1 aromatic heterocycles. The monoisotopic (exact) mass is 469 g/mol. The number of nitrogens with zero attached hydrogens (tertiary/aromatic N) is 1. The van der Waals surface area contributed by atoms with Gasteiger partial charge in [0.05, 0.1) is 6.54 Å². The van der Waals surface area contributed by atoms with E-state index >= 15 is 0 Å². The Morgan fingerprint density at radius 3 is 2.34 bits per heavy atom. The maximum absolute atomic E-state index is 11.3. The number of carboxylic acids is 1. The number of rotatable bonds is 11. The van der Waals surface area contributed by atoms with Gasteiger partial charge in [-0.2, -0.15) is 0 Å². The molecular formula is C25H32AlNO4S. The van der Waals surface area contributed by atoms with Crippen molar-refractivity contribution in [3.8, 4) is 17.0 Å². The molecular weight excluding hydrogens is 437 g/mol. The molecule has 170 valence electrons. The van der Waals surface area contributed by atoms with Gasteiger partial charge in [-0.15, -0.1) is 11.8 Å². The molecule has 1 heterocycles. The molecule has 0 unspecified atom stereocenters. The highest BCUT2D eigenvalue weighted by Crippen LogP contribution is 2.25. The zero-order chi connectivity index (χ0) is 22.2. The van der Waals surface area contributed by atoms with Crippen molar-refractivity contribution < 1.29 is 19.4 Å². The Morgan fingerprint density at radius 2 is 1.75 bits per heavy atom. The highest BCUT2D eigenvalue weighted by Gasteiger charge is 2.17. The first kappa shape index (κ1) is 26.1. The summed E-state index contributed by atoms with van der Waals surface area (Å²) >= 11 is 1.74. The first-order valence-corrected chi connectivity index (χ1v) is 11.6. The Bertz CT molecular complexity index is 986. The number of hydrogen-bond donors (Lipinski definition) is 1. The highest BCUT2D eigenvalue weighted by molar-refractivity contribution is 7.98.